The Morgan fingerprint density at radius 3 is 2.43 bits per heavy atom. The van der Waals surface area contributed by atoms with E-state index in [-0.39, 0.29) is 0 Å². The highest BCUT2D eigenvalue weighted by molar-refractivity contribution is 5.89. The van der Waals surface area contributed by atoms with E-state index in [9.17, 15) is 0 Å². The van der Waals surface area contributed by atoms with Crippen LogP contribution in [0.1, 0.15) is 45.4 Å². The molecule has 4 heteroatoms. The fourth-order valence-corrected chi connectivity index (χ4v) is 5.81. The van der Waals surface area contributed by atoms with E-state index in [1.807, 2.05) is 24.3 Å². The molecule has 4 bridgehead atoms. The van der Waals surface area contributed by atoms with Crippen molar-refractivity contribution >= 4 is 22.7 Å². The van der Waals surface area contributed by atoms with Crippen molar-refractivity contribution in [3.05, 3.63) is 24.3 Å². The van der Waals surface area contributed by atoms with Gasteiger partial charge in [0.15, 0.2) is 0 Å². The maximum absolute atomic E-state index is 4.75. The van der Waals surface area contributed by atoms with Crippen molar-refractivity contribution in [3.63, 3.8) is 0 Å². The average Bonchev–Trinajstić information content (AvgIpc) is 2.94. The van der Waals surface area contributed by atoms with Gasteiger partial charge in [0.05, 0.1) is 11.0 Å². The lowest BCUT2D eigenvalue weighted by Crippen LogP contribution is -2.49. The third kappa shape index (κ3) is 2.19. The summed E-state index contributed by atoms with van der Waals surface area (Å²) in [6.45, 7) is 2.22. The molecular weight excluding hydrogens is 284 g/mol. The number of nitrogens with one attached hydrogen (secondary N) is 2. The van der Waals surface area contributed by atoms with Gasteiger partial charge < -0.3 is 4.98 Å². The molecular formula is C19H24N4. The van der Waals surface area contributed by atoms with Crippen LogP contribution in [0.5, 0.6) is 0 Å². The summed E-state index contributed by atoms with van der Waals surface area (Å²) >= 11 is 0. The summed E-state index contributed by atoms with van der Waals surface area (Å²) in [7, 11) is 0. The van der Waals surface area contributed by atoms with Gasteiger partial charge in [-0.3, -0.25) is 0 Å². The molecule has 0 atom stereocenters. The number of hydrogen-bond acceptors (Lipinski definition) is 3. The normalized spacial score (nSPS) is 35.9. The van der Waals surface area contributed by atoms with Crippen LogP contribution < -0.4 is 5.43 Å². The summed E-state index contributed by atoms with van der Waals surface area (Å²) in [5.41, 5.74) is 6.88. The van der Waals surface area contributed by atoms with E-state index in [1.165, 1.54) is 44.2 Å². The molecule has 0 spiro atoms. The molecule has 1 aromatic carbocycles. The first kappa shape index (κ1) is 13.6. The molecule has 2 aromatic rings. The van der Waals surface area contributed by atoms with Gasteiger partial charge in [-0.25, -0.2) is 10.4 Å². The standard InChI is InChI=1S/C19H24N4/c1-12(19-9-13-6-14(10-19)8-15(7-13)11-19)22-23-18-20-16-4-2-3-5-17(16)21-18/h2-5,13-15H,6-11H2,1H3,(H2,20,21,23)/b22-12-. The van der Waals surface area contributed by atoms with Crippen LogP contribution in [0.2, 0.25) is 0 Å². The van der Waals surface area contributed by atoms with Crippen LogP contribution in [0.4, 0.5) is 5.95 Å². The first-order valence-corrected chi connectivity index (χ1v) is 8.96. The first-order valence-electron chi connectivity index (χ1n) is 8.96. The number of nitrogens with zero attached hydrogens (tertiary/aromatic N) is 2. The molecule has 0 unspecified atom stereocenters. The number of anilines is 1. The number of aromatic amines is 1. The summed E-state index contributed by atoms with van der Waals surface area (Å²) < 4.78 is 0. The molecule has 1 aromatic heterocycles. The highest BCUT2D eigenvalue weighted by atomic mass is 15.4. The van der Waals surface area contributed by atoms with Crippen LogP contribution in [0.15, 0.2) is 29.4 Å². The average molecular weight is 308 g/mol. The number of hydrazone groups is 1. The Hall–Kier alpha value is -1.84. The Morgan fingerprint density at radius 2 is 1.78 bits per heavy atom. The van der Waals surface area contributed by atoms with Gasteiger partial charge in [0.2, 0.25) is 5.95 Å². The number of rotatable bonds is 3. The first-order chi connectivity index (χ1) is 11.2. The van der Waals surface area contributed by atoms with Crippen molar-refractivity contribution in [1.29, 1.82) is 0 Å². The summed E-state index contributed by atoms with van der Waals surface area (Å²) in [5, 5.41) is 4.75. The van der Waals surface area contributed by atoms with Crippen LogP contribution in [0, 0.1) is 23.2 Å². The minimum absolute atomic E-state index is 0.369. The molecule has 0 aliphatic heterocycles. The predicted octanol–water partition coefficient (Wildman–Crippen LogP) is 4.57. The summed E-state index contributed by atoms with van der Waals surface area (Å²) in [6, 6.07) is 8.10. The summed E-state index contributed by atoms with van der Waals surface area (Å²) in [4.78, 5) is 7.85. The fourth-order valence-electron chi connectivity index (χ4n) is 5.81. The zero-order valence-electron chi connectivity index (χ0n) is 13.7. The lowest BCUT2D eigenvalue weighted by atomic mass is 9.48. The van der Waals surface area contributed by atoms with E-state index < -0.39 is 0 Å². The predicted molar refractivity (Wildman–Crippen MR) is 93.4 cm³/mol. The molecule has 0 saturated heterocycles. The van der Waals surface area contributed by atoms with E-state index in [0.29, 0.717) is 5.41 Å². The van der Waals surface area contributed by atoms with Crippen LogP contribution >= 0.6 is 0 Å². The molecule has 1 heterocycles. The van der Waals surface area contributed by atoms with Gasteiger partial charge in [-0.2, -0.15) is 5.10 Å². The third-order valence-corrected chi connectivity index (χ3v) is 6.52. The van der Waals surface area contributed by atoms with Crippen LogP contribution in [-0.4, -0.2) is 15.7 Å². The van der Waals surface area contributed by atoms with E-state index in [1.54, 1.807) is 0 Å². The maximum Gasteiger partial charge on any atom is 0.222 e. The zero-order chi connectivity index (χ0) is 15.4. The summed E-state index contributed by atoms with van der Waals surface area (Å²) in [6.07, 6.45) is 8.50. The Labute approximate surface area is 136 Å². The molecule has 4 aliphatic rings. The SMILES string of the molecule is C/C(=N/Nc1nc2ccccc2[nH]1)C12CC3CC(CC(C3)C1)C2. The molecule has 120 valence electrons. The quantitative estimate of drug-likeness (QED) is 0.645. The monoisotopic (exact) mass is 308 g/mol. The lowest BCUT2D eigenvalue weighted by molar-refractivity contribution is -0.0126. The van der Waals surface area contributed by atoms with Gasteiger partial charge in [0.25, 0.3) is 0 Å². The van der Waals surface area contributed by atoms with Gasteiger partial charge in [-0.15, -0.1) is 0 Å². The molecule has 4 fully saturated rings. The van der Waals surface area contributed by atoms with Gasteiger partial charge >= 0.3 is 0 Å². The zero-order valence-corrected chi connectivity index (χ0v) is 13.7. The van der Waals surface area contributed by atoms with Crippen molar-refractivity contribution in [2.45, 2.75) is 45.4 Å². The van der Waals surface area contributed by atoms with Gasteiger partial charge in [-0.05, 0) is 75.3 Å². The van der Waals surface area contributed by atoms with Crippen molar-refractivity contribution < 1.29 is 0 Å². The van der Waals surface area contributed by atoms with E-state index >= 15 is 0 Å². The molecule has 6 rings (SSSR count). The summed E-state index contributed by atoms with van der Waals surface area (Å²) in [5.74, 6) is 3.61. The van der Waals surface area contributed by atoms with E-state index in [0.717, 1.165) is 34.7 Å². The van der Waals surface area contributed by atoms with Gasteiger partial charge in [0.1, 0.15) is 0 Å². The maximum atomic E-state index is 4.75. The van der Waals surface area contributed by atoms with Crippen molar-refractivity contribution in [2.24, 2.45) is 28.3 Å². The number of imidazole rings is 1. The Kier molecular flexibility index (Phi) is 2.85. The van der Waals surface area contributed by atoms with Crippen molar-refractivity contribution in [3.8, 4) is 0 Å². The lowest BCUT2D eigenvalue weighted by Gasteiger charge is -2.56. The highest BCUT2D eigenvalue weighted by Gasteiger charge is 2.52. The number of aromatic nitrogens is 2. The van der Waals surface area contributed by atoms with E-state index in [2.05, 4.69) is 22.3 Å². The van der Waals surface area contributed by atoms with E-state index in [4.69, 9.17) is 5.10 Å². The van der Waals surface area contributed by atoms with Crippen LogP contribution in [0.25, 0.3) is 11.0 Å². The molecule has 4 aliphatic carbocycles. The second-order valence-corrected chi connectivity index (χ2v) is 8.11. The molecule has 4 nitrogen and oxygen atoms in total. The highest BCUT2D eigenvalue weighted by Crippen LogP contribution is 2.60. The molecule has 0 amide bonds. The topological polar surface area (TPSA) is 53.1 Å². The van der Waals surface area contributed by atoms with Crippen molar-refractivity contribution in [2.75, 3.05) is 5.43 Å². The number of benzene rings is 1. The van der Waals surface area contributed by atoms with Crippen LogP contribution in [0.3, 0.4) is 0 Å². The number of para-hydroxylation sites is 2. The molecule has 23 heavy (non-hydrogen) atoms. The minimum atomic E-state index is 0.369. The molecule has 4 saturated carbocycles. The second-order valence-electron chi connectivity index (χ2n) is 8.11. The van der Waals surface area contributed by atoms with Gasteiger partial charge in [-0.1, -0.05) is 12.1 Å². The third-order valence-electron chi connectivity index (χ3n) is 6.52. The number of hydrogen-bond donors (Lipinski definition) is 2. The Bertz CT molecular complexity index is 704. The van der Waals surface area contributed by atoms with Gasteiger partial charge in [0, 0.05) is 11.1 Å². The second kappa shape index (κ2) is 4.83. The van der Waals surface area contributed by atoms with Crippen molar-refractivity contribution in [1.82, 2.24) is 9.97 Å². The van der Waals surface area contributed by atoms with Crippen LogP contribution in [-0.2, 0) is 0 Å². The Balaban J connectivity index is 1.39. The molecule has 0 radical (unpaired) electrons. The molecule has 2 N–H and O–H groups in total. The fraction of sp³-hybridized carbons (Fsp3) is 0.579. The largest absolute Gasteiger partial charge is 0.323 e. The smallest absolute Gasteiger partial charge is 0.222 e. The minimum Gasteiger partial charge on any atom is -0.323 e. The Morgan fingerprint density at radius 1 is 1.13 bits per heavy atom. The number of fused-ring (bicyclic) bond motifs is 1. The number of H-pyrrole nitrogens is 1.